The molecular formula is C19H18F4N2O5S. The third-order valence-corrected chi connectivity index (χ3v) is 6.85. The Morgan fingerprint density at radius 1 is 1.10 bits per heavy atom. The third kappa shape index (κ3) is 4.71. The molecular weight excluding hydrogens is 444 g/mol. The number of β-amino-alcohol motifs (C(OH)–C–C–N with tert-alkyl or cyclic N) is 1. The van der Waals surface area contributed by atoms with Gasteiger partial charge in [0.2, 0.25) is 10.0 Å². The smallest absolute Gasteiger partial charge is 0.255 e. The molecule has 0 aliphatic carbocycles. The first-order chi connectivity index (χ1) is 14.5. The quantitative estimate of drug-likeness (QED) is 0.465. The highest BCUT2D eigenvalue weighted by Gasteiger charge is 2.36. The maximum atomic E-state index is 14.3. The molecule has 0 saturated carbocycles. The third-order valence-electron chi connectivity index (χ3n) is 4.97. The summed E-state index contributed by atoms with van der Waals surface area (Å²) in [5.74, 6) is -7.47. The number of benzene rings is 2. The monoisotopic (exact) mass is 462 g/mol. The molecule has 0 spiro atoms. The molecule has 2 aromatic rings. The number of sulfonamides is 1. The Morgan fingerprint density at radius 3 is 2.32 bits per heavy atom. The van der Waals surface area contributed by atoms with Gasteiger partial charge in [0.15, 0.2) is 17.5 Å². The van der Waals surface area contributed by atoms with Gasteiger partial charge in [-0.15, -0.1) is 0 Å². The van der Waals surface area contributed by atoms with Crippen LogP contribution >= 0.6 is 0 Å². The Hall–Kier alpha value is -2.54. The van der Waals surface area contributed by atoms with Crippen molar-refractivity contribution in [1.82, 2.24) is 4.31 Å². The average Bonchev–Trinajstić information content (AvgIpc) is 2.72. The van der Waals surface area contributed by atoms with E-state index in [2.05, 4.69) is 5.32 Å². The highest BCUT2D eigenvalue weighted by Crippen LogP contribution is 2.27. The van der Waals surface area contributed by atoms with E-state index in [0.29, 0.717) is 12.1 Å². The number of nitrogens with one attached hydrogen (secondary N) is 1. The zero-order valence-corrected chi connectivity index (χ0v) is 16.7. The molecule has 31 heavy (non-hydrogen) atoms. The first-order valence-corrected chi connectivity index (χ1v) is 10.5. The molecule has 1 aliphatic rings. The van der Waals surface area contributed by atoms with Gasteiger partial charge in [0.1, 0.15) is 10.7 Å². The number of nitrogens with zero attached hydrogens (tertiary/aromatic N) is 1. The standard InChI is InChI=1S/C19H18F4N2O5S/c20-13-2-1-10(19(28)24-12-6-14(21)18(23)15(22)7-12)5-17(13)31(29,30)25-4-3-11(9-26)16(27)8-25/h1-2,5-7,11,16,26-27H,3-4,8-9H2,(H,24,28). The van der Waals surface area contributed by atoms with Gasteiger partial charge < -0.3 is 15.5 Å². The van der Waals surface area contributed by atoms with Crippen molar-refractivity contribution >= 4 is 21.6 Å². The van der Waals surface area contributed by atoms with Crippen molar-refractivity contribution in [2.45, 2.75) is 17.4 Å². The van der Waals surface area contributed by atoms with E-state index in [1.54, 1.807) is 0 Å². The van der Waals surface area contributed by atoms with E-state index in [9.17, 15) is 41.0 Å². The largest absolute Gasteiger partial charge is 0.396 e. The summed E-state index contributed by atoms with van der Waals surface area (Å²) in [7, 11) is -4.44. The maximum absolute atomic E-state index is 14.3. The molecule has 1 heterocycles. The molecule has 2 aromatic carbocycles. The highest BCUT2D eigenvalue weighted by molar-refractivity contribution is 7.89. The van der Waals surface area contributed by atoms with Crippen LogP contribution in [-0.4, -0.2) is 54.6 Å². The predicted octanol–water partition coefficient (Wildman–Crippen LogP) is 1.86. The van der Waals surface area contributed by atoms with Gasteiger partial charge in [0.05, 0.1) is 6.10 Å². The van der Waals surface area contributed by atoms with Crippen LogP contribution in [0.1, 0.15) is 16.8 Å². The lowest BCUT2D eigenvalue weighted by molar-refractivity contribution is 0.0221. The minimum absolute atomic E-state index is 0.0748. The van der Waals surface area contributed by atoms with E-state index in [0.717, 1.165) is 22.5 Å². The van der Waals surface area contributed by atoms with Crippen LogP contribution < -0.4 is 5.32 Å². The predicted molar refractivity (Wildman–Crippen MR) is 101 cm³/mol. The molecule has 2 unspecified atom stereocenters. The van der Waals surface area contributed by atoms with Crippen LogP contribution in [0.3, 0.4) is 0 Å². The minimum atomic E-state index is -4.44. The van der Waals surface area contributed by atoms with Crippen LogP contribution in [0.15, 0.2) is 35.2 Å². The molecule has 0 radical (unpaired) electrons. The first kappa shape index (κ1) is 23.1. The Balaban J connectivity index is 1.87. The fourth-order valence-electron chi connectivity index (χ4n) is 3.19. The van der Waals surface area contributed by atoms with Crippen molar-refractivity contribution < 1.29 is 41.0 Å². The van der Waals surface area contributed by atoms with Crippen LogP contribution in [0.2, 0.25) is 0 Å². The number of anilines is 1. The lowest BCUT2D eigenvalue weighted by Gasteiger charge is -2.34. The van der Waals surface area contributed by atoms with Gasteiger partial charge in [0, 0.05) is 49.0 Å². The van der Waals surface area contributed by atoms with Gasteiger partial charge in [0.25, 0.3) is 5.91 Å². The van der Waals surface area contributed by atoms with E-state index in [1.807, 2.05) is 0 Å². The van der Waals surface area contributed by atoms with Crippen LogP contribution in [0, 0.1) is 29.2 Å². The zero-order chi connectivity index (χ0) is 22.9. The van der Waals surface area contributed by atoms with E-state index in [1.165, 1.54) is 0 Å². The number of aliphatic hydroxyl groups excluding tert-OH is 2. The van der Waals surface area contributed by atoms with E-state index < -0.39 is 61.8 Å². The second-order valence-corrected chi connectivity index (χ2v) is 8.92. The number of carbonyl (C=O) groups excluding carboxylic acids is 1. The van der Waals surface area contributed by atoms with Crippen molar-refractivity contribution in [3.63, 3.8) is 0 Å². The lowest BCUT2D eigenvalue weighted by Crippen LogP contribution is -2.47. The minimum Gasteiger partial charge on any atom is -0.396 e. The SMILES string of the molecule is O=C(Nc1cc(F)c(F)c(F)c1)c1ccc(F)c(S(=O)(=O)N2CCC(CO)C(O)C2)c1. The van der Waals surface area contributed by atoms with Gasteiger partial charge in [-0.1, -0.05) is 0 Å². The average molecular weight is 462 g/mol. The van der Waals surface area contributed by atoms with Gasteiger partial charge in [-0.25, -0.2) is 26.0 Å². The second-order valence-electron chi connectivity index (χ2n) is 7.01. The molecule has 2 atom stereocenters. The van der Waals surface area contributed by atoms with Gasteiger partial charge in [-0.2, -0.15) is 4.31 Å². The van der Waals surface area contributed by atoms with Crippen LogP contribution in [0.4, 0.5) is 23.2 Å². The summed E-state index contributed by atoms with van der Waals surface area (Å²) in [6.45, 7) is -0.768. The molecule has 3 N–H and O–H groups in total. The van der Waals surface area contributed by atoms with Gasteiger partial charge in [-0.3, -0.25) is 4.79 Å². The summed E-state index contributed by atoms with van der Waals surface area (Å²) in [5.41, 5.74) is -0.764. The molecule has 1 amide bonds. The van der Waals surface area contributed by atoms with Crippen molar-refractivity contribution in [2.24, 2.45) is 5.92 Å². The number of rotatable bonds is 5. The van der Waals surface area contributed by atoms with E-state index >= 15 is 0 Å². The van der Waals surface area contributed by atoms with Crippen LogP contribution in [0.5, 0.6) is 0 Å². The fourth-order valence-corrected chi connectivity index (χ4v) is 4.76. The van der Waals surface area contributed by atoms with Crippen LogP contribution in [0.25, 0.3) is 0 Å². The summed E-state index contributed by atoms with van der Waals surface area (Å²) >= 11 is 0. The number of aliphatic hydroxyl groups is 2. The molecule has 7 nitrogen and oxygen atoms in total. The summed E-state index contributed by atoms with van der Waals surface area (Å²) in [4.78, 5) is 11.5. The van der Waals surface area contributed by atoms with Crippen molar-refractivity contribution in [2.75, 3.05) is 25.0 Å². The molecule has 1 fully saturated rings. The molecule has 168 valence electrons. The number of piperidine rings is 1. The Morgan fingerprint density at radius 2 is 1.74 bits per heavy atom. The van der Waals surface area contributed by atoms with Gasteiger partial charge in [-0.05, 0) is 24.6 Å². The molecule has 3 rings (SSSR count). The van der Waals surface area contributed by atoms with E-state index in [4.69, 9.17) is 0 Å². The maximum Gasteiger partial charge on any atom is 0.255 e. The molecule has 0 aromatic heterocycles. The molecule has 0 bridgehead atoms. The topological polar surface area (TPSA) is 107 Å². The summed E-state index contributed by atoms with van der Waals surface area (Å²) in [5, 5.41) is 21.2. The first-order valence-electron chi connectivity index (χ1n) is 9.09. The number of amides is 1. The van der Waals surface area contributed by atoms with Crippen LogP contribution in [-0.2, 0) is 10.0 Å². The summed E-state index contributed by atoms with van der Waals surface area (Å²) < 4.78 is 80.5. The molecule has 1 aliphatic heterocycles. The summed E-state index contributed by atoms with van der Waals surface area (Å²) in [6.07, 6.45) is -0.994. The Kier molecular flexibility index (Phi) is 6.65. The second kappa shape index (κ2) is 8.91. The number of hydrogen-bond acceptors (Lipinski definition) is 5. The Bertz CT molecular complexity index is 1090. The molecule has 1 saturated heterocycles. The number of hydrogen-bond donors (Lipinski definition) is 3. The summed E-state index contributed by atoms with van der Waals surface area (Å²) in [6, 6.07) is 3.52. The van der Waals surface area contributed by atoms with Crippen molar-refractivity contribution in [1.29, 1.82) is 0 Å². The zero-order valence-electron chi connectivity index (χ0n) is 15.9. The normalized spacial score (nSPS) is 19.9. The lowest BCUT2D eigenvalue weighted by atomic mass is 9.96. The fraction of sp³-hybridized carbons (Fsp3) is 0.316. The number of halogens is 4. The molecule has 12 heteroatoms. The van der Waals surface area contributed by atoms with Crippen molar-refractivity contribution in [3.05, 3.63) is 59.2 Å². The Labute approximate surface area is 175 Å². The number of carbonyl (C=O) groups is 1. The van der Waals surface area contributed by atoms with Crippen molar-refractivity contribution in [3.8, 4) is 0 Å². The van der Waals surface area contributed by atoms with E-state index in [-0.39, 0.29) is 31.7 Å². The van der Waals surface area contributed by atoms with Gasteiger partial charge >= 0.3 is 0 Å². The highest BCUT2D eigenvalue weighted by atomic mass is 32.2.